The number of amides is 2. The summed E-state index contributed by atoms with van der Waals surface area (Å²) in [6.07, 6.45) is 9.44. The van der Waals surface area contributed by atoms with Crippen molar-refractivity contribution in [3.05, 3.63) is 0 Å². The van der Waals surface area contributed by atoms with Gasteiger partial charge >= 0.3 is 12.0 Å². The van der Waals surface area contributed by atoms with Crippen molar-refractivity contribution in [2.75, 3.05) is 13.1 Å². The van der Waals surface area contributed by atoms with Crippen molar-refractivity contribution in [3.8, 4) is 0 Å². The summed E-state index contributed by atoms with van der Waals surface area (Å²) >= 11 is 0. The Bertz CT molecular complexity index is 345. The van der Waals surface area contributed by atoms with Crippen LogP contribution >= 0.6 is 0 Å². The molecule has 0 aromatic carbocycles. The van der Waals surface area contributed by atoms with E-state index >= 15 is 0 Å². The second-order valence-corrected chi connectivity index (χ2v) is 6.36. The Morgan fingerprint density at radius 2 is 1.65 bits per heavy atom. The highest BCUT2D eigenvalue weighted by Gasteiger charge is 2.41. The largest absolute Gasteiger partial charge is 0.481 e. The Morgan fingerprint density at radius 1 is 1.00 bits per heavy atom. The topological polar surface area (TPSA) is 78.4 Å². The maximum absolute atomic E-state index is 11.8. The predicted octanol–water partition coefficient (Wildman–Crippen LogP) is 2.51. The second-order valence-electron chi connectivity index (χ2n) is 6.36. The van der Waals surface area contributed by atoms with Gasteiger partial charge in [-0.25, -0.2) is 4.79 Å². The fourth-order valence-corrected chi connectivity index (χ4v) is 3.46. The van der Waals surface area contributed by atoms with Crippen LogP contribution in [0.25, 0.3) is 0 Å². The van der Waals surface area contributed by atoms with E-state index in [4.69, 9.17) is 0 Å². The van der Waals surface area contributed by atoms with Gasteiger partial charge in [-0.2, -0.15) is 0 Å². The summed E-state index contributed by atoms with van der Waals surface area (Å²) < 4.78 is 0. The zero-order valence-electron chi connectivity index (χ0n) is 12.1. The number of carboxylic acids is 1. The zero-order chi connectivity index (χ0) is 14.4. The Balaban J connectivity index is 1.70. The van der Waals surface area contributed by atoms with Crippen LogP contribution in [0.3, 0.4) is 0 Å². The van der Waals surface area contributed by atoms with Crippen LogP contribution in [0.1, 0.15) is 57.8 Å². The molecule has 2 fully saturated rings. The first-order valence-electron chi connectivity index (χ1n) is 7.87. The van der Waals surface area contributed by atoms with Gasteiger partial charge in [-0.3, -0.25) is 4.79 Å². The van der Waals surface area contributed by atoms with Gasteiger partial charge in [-0.05, 0) is 31.6 Å². The summed E-state index contributed by atoms with van der Waals surface area (Å²) in [6, 6.07) is -0.219. The van der Waals surface area contributed by atoms with Crippen molar-refractivity contribution in [1.82, 2.24) is 10.6 Å². The molecule has 114 valence electrons. The SMILES string of the molecule is O=C(NCC1CCCCC1)NCC1(C(=O)O)CCCC1. The molecule has 3 N–H and O–H groups in total. The molecule has 0 heterocycles. The fraction of sp³-hybridized carbons (Fsp3) is 0.867. The van der Waals surface area contributed by atoms with E-state index in [1.807, 2.05) is 0 Å². The average Bonchev–Trinajstić information content (AvgIpc) is 2.94. The maximum atomic E-state index is 11.8. The predicted molar refractivity (Wildman–Crippen MR) is 76.5 cm³/mol. The lowest BCUT2D eigenvalue weighted by Gasteiger charge is -2.25. The number of rotatable bonds is 5. The maximum Gasteiger partial charge on any atom is 0.314 e. The van der Waals surface area contributed by atoms with Gasteiger partial charge in [0.25, 0.3) is 0 Å². The van der Waals surface area contributed by atoms with Crippen LogP contribution in [-0.4, -0.2) is 30.2 Å². The van der Waals surface area contributed by atoms with Gasteiger partial charge in [0.2, 0.25) is 0 Å². The highest BCUT2D eigenvalue weighted by Crippen LogP contribution is 2.37. The lowest BCUT2D eigenvalue weighted by atomic mass is 9.86. The molecule has 2 saturated carbocycles. The third-order valence-electron chi connectivity index (χ3n) is 4.88. The van der Waals surface area contributed by atoms with E-state index in [0.29, 0.717) is 25.3 Å². The molecule has 5 nitrogen and oxygen atoms in total. The summed E-state index contributed by atoms with van der Waals surface area (Å²) in [5.41, 5.74) is -0.734. The van der Waals surface area contributed by atoms with Gasteiger partial charge in [0.1, 0.15) is 0 Å². The molecule has 20 heavy (non-hydrogen) atoms. The Morgan fingerprint density at radius 3 is 2.25 bits per heavy atom. The minimum atomic E-state index is -0.775. The highest BCUT2D eigenvalue weighted by atomic mass is 16.4. The van der Waals surface area contributed by atoms with Crippen molar-refractivity contribution in [3.63, 3.8) is 0 Å². The Labute approximate surface area is 120 Å². The van der Waals surface area contributed by atoms with E-state index in [1.165, 1.54) is 32.1 Å². The number of carbonyl (C=O) groups is 2. The minimum Gasteiger partial charge on any atom is -0.481 e. The summed E-state index contributed by atoms with van der Waals surface area (Å²) in [5.74, 6) is -0.183. The van der Waals surface area contributed by atoms with Gasteiger partial charge in [0, 0.05) is 13.1 Å². The quantitative estimate of drug-likeness (QED) is 0.725. The Kier molecular flexibility index (Phi) is 5.26. The van der Waals surface area contributed by atoms with E-state index in [2.05, 4.69) is 10.6 Å². The number of hydrogen-bond acceptors (Lipinski definition) is 2. The van der Waals surface area contributed by atoms with Crippen LogP contribution < -0.4 is 10.6 Å². The average molecular weight is 282 g/mol. The molecule has 2 aliphatic rings. The van der Waals surface area contributed by atoms with E-state index in [1.54, 1.807) is 0 Å². The minimum absolute atomic E-state index is 0.219. The van der Waals surface area contributed by atoms with Crippen molar-refractivity contribution >= 4 is 12.0 Å². The summed E-state index contributed by atoms with van der Waals surface area (Å²) in [4.78, 5) is 23.2. The van der Waals surface area contributed by atoms with Gasteiger partial charge < -0.3 is 15.7 Å². The summed E-state index contributed by atoms with van der Waals surface area (Å²) in [5, 5.41) is 15.0. The number of carboxylic acid groups (broad SMARTS) is 1. The number of carbonyl (C=O) groups excluding carboxylic acids is 1. The number of aliphatic carboxylic acids is 1. The first kappa shape index (κ1) is 15.1. The Hall–Kier alpha value is -1.26. The normalized spacial score (nSPS) is 22.4. The monoisotopic (exact) mass is 282 g/mol. The molecule has 2 rings (SSSR count). The van der Waals surface area contributed by atoms with Crippen molar-refractivity contribution in [2.45, 2.75) is 57.8 Å². The molecule has 0 bridgehead atoms. The molecule has 0 aromatic rings. The van der Waals surface area contributed by atoms with E-state index in [9.17, 15) is 14.7 Å². The first-order valence-corrected chi connectivity index (χ1v) is 7.87. The third-order valence-corrected chi connectivity index (χ3v) is 4.88. The molecule has 0 atom stereocenters. The third kappa shape index (κ3) is 3.87. The molecule has 0 aliphatic heterocycles. The van der Waals surface area contributed by atoms with Crippen molar-refractivity contribution in [2.24, 2.45) is 11.3 Å². The molecule has 0 unspecified atom stereocenters. The first-order chi connectivity index (χ1) is 9.62. The standard InChI is InChI=1S/C15H26N2O3/c18-13(19)15(8-4-5-9-15)11-17-14(20)16-10-12-6-2-1-3-7-12/h12H,1-11H2,(H,18,19)(H2,16,17,20). The molecule has 0 radical (unpaired) electrons. The highest BCUT2D eigenvalue weighted by molar-refractivity contribution is 5.78. The van der Waals surface area contributed by atoms with Crippen LogP contribution in [-0.2, 0) is 4.79 Å². The van der Waals surface area contributed by atoms with E-state index < -0.39 is 11.4 Å². The lowest BCUT2D eigenvalue weighted by molar-refractivity contribution is -0.148. The van der Waals surface area contributed by atoms with Gasteiger partial charge in [0.15, 0.2) is 0 Å². The van der Waals surface area contributed by atoms with Crippen LogP contribution in [0.5, 0.6) is 0 Å². The molecular weight excluding hydrogens is 256 g/mol. The number of urea groups is 1. The van der Waals surface area contributed by atoms with Crippen molar-refractivity contribution < 1.29 is 14.7 Å². The van der Waals surface area contributed by atoms with Crippen LogP contribution in [0.15, 0.2) is 0 Å². The van der Waals surface area contributed by atoms with E-state index in [0.717, 1.165) is 12.8 Å². The van der Waals surface area contributed by atoms with Crippen LogP contribution in [0.4, 0.5) is 4.79 Å². The lowest BCUT2D eigenvalue weighted by Crippen LogP contribution is -2.46. The van der Waals surface area contributed by atoms with Gasteiger partial charge in [-0.1, -0.05) is 32.1 Å². The molecule has 0 spiro atoms. The molecule has 5 heteroatoms. The van der Waals surface area contributed by atoms with Gasteiger partial charge in [0.05, 0.1) is 5.41 Å². The van der Waals surface area contributed by atoms with Gasteiger partial charge in [-0.15, -0.1) is 0 Å². The summed E-state index contributed by atoms with van der Waals surface area (Å²) in [7, 11) is 0. The fourth-order valence-electron chi connectivity index (χ4n) is 3.46. The van der Waals surface area contributed by atoms with E-state index in [-0.39, 0.29) is 12.6 Å². The van der Waals surface area contributed by atoms with Crippen LogP contribution in [0, 0.1) is 11.3 Å². The van der Waals surface area contributed by atoms with Crippen LogP contribution in [0.2, 0.25) is 0 Å². The molecule has 2 aliphatic carbocycles. The molecule has 2 amide bonds. The molecular formula is C15H26N2O3. The second kappa shape index (κ2) is 6.95. The number of hydrogen-bond donors (Lipinski definition) is 3. The summed E-state index contributed by atoms with van der Waals surface area (Å²) in [6.45, 7) is 0.963. The zero-order valence-corrected chi connectivity index (χ0v) is 12.1. The molecule has 0 aromatic heterocycles. The smallest absolute Gasteiger partial charge is 0.314 e. The van der Waals surface area contributed by atoms with Crippen molar-refractivity contribution in [1.29, 1.82) is 0 Å². The number of nitrogens with one attached hydrogen (secondary N) is 2. The molecule has 0 saturated heterocycles.